The number of nitriles is 2. The lowest BCUT2D eigenvalue weighted by Gasteiger charge is -2.35. The lowest BCUT2D eigenvalue weighted by Crippen LogP contribution is -2.44. The zero-order valence-corrected chi connectivity index (χ0v) is 19.0. The summed E-state index contributed by atoms with van der Waals surface area (Å²) in [5, 5.41) is 20.9. The fraction of sp³-hybridized carbons (Fsp3) is 0.172. The lowest BCUT2D eigenvalue weighted by atomic mass is 9.69. The van der Waals surface area contributed by atoms with E-state index in [9.17, 15) is 20.1 Å². The predicted molar refractivity (Wildman–Crippen MR) is 130 cm³/mol. The number of esters is 1. The van der Waals surface area contributed by atoms with Crippen LogP contribution < -0.4 is 4.90 Å². The zero-order chi connectivity index (χ0) is 24.6. The second kappa shape index (κ2) is 8.59. The van der Waals surface area contributed by atoms with Gasteiger partial charge in [0, 0.05) is 17.2 Å². The van der Waals surface area contributed by atoms with Gasteiger partial charge in [-0.3, -0.25) is 4.79 Å². The van der Waals surface area contributed by atoms with Crippen molar-refractivity contribution in [3.8, 4) is 12.1 Å². The third kappa shape index (κ3) is 3.31. The predicted octanol–water partition coefficient (Wildman–Crippen LogP) is 4.76. The molecular weight excluding hydrogens is 438 g/mol. The Balaban J connectivity index is 1.74. The summed E-state index contributed by atoms with van der Waals surface area (Å²) in [6.45, 7) is 0. The first-order valence-corrected chi connectivity index (χ1v) is 11.2. The van der Waals surface area contributed by atoms with Gasteiger partial charge in [-0.1, -0.05) is 72.8 Å². The SMILES string of the molecule is COC(=O)c1ccc(C2C(C(=O)c3ccccc3)N3c4ccccc4C=CC3C2(C#N)C#N)cc1. The van der Waals surface area contributed by atoms with Gasteiger partial charge in [-0.2, -0.15) is 10.5 Å². The van der Waals surface area contributed by atoms with E-state index in [0.29, 0.717) is 16.7 Å². The average molecular weight is 460 g/mol. The molecule has 6 nitrogen and oxygen atoms in total. The van der Waals surface area contributed by atoms with Gasteiger partial charge >= 0.3 is 5.97 Å². The van der Waals surface area contributed by atoms with E-state index < -0.39 is 29.4 Å². The number of ketones is 1. The van der Waals surface area contributed by atoms with Crippen LogP contribution in [0.5, 0.6) is 0 Å². The van der Waals surface area contributed by atoms with Crippen molar-refractivity contribution in [2.24, 2.45) is 5.41 Å². The molecule has 0 amide bonds. The van der Waals surface area contributed by atoms with Crippen LogP contribution in [-0.4, -0.2) is 30.9 Å². The number of fused-ring (bicyclic) bond motifs is 3. The first-order chi connectivity index (χ1) is 17.1. The molecule has 0 radical (unpaired) electrons. The molecule has 0 aliphatic carbocycles. The van der Waals surface area contributed by atoms with Crippen LogP contribution in [-0.2, 0) is 4.74 Å². The Morgan fingerprint density at radius 2 is 1.54 bits per heavy atom. The van der Waals surface area contributed by atoms with E-state index in [2.05, 4.69) is 12.1 Å². The first kappa shape index (κ1) is 22.1. The standard InChI is InChI=1S/C29H21N3O3/c1-35-28(34)22-13-11-20(12-14-22)25-26(27(33)21-8-3-2-4-9-21)32-23-10-6-5-7-19(23)15-16-24(32)29(25,17-30)18-31/h2-16,24-26H,1H3. The van der Waals surface area contributed by atoms with Crippen LogP contribution in [0.1, 0.15) is 37.8 Å². The highest BCUT2D eigenvalue weighted by Gasteiger charge is 2.63. The van der Waals surface area contributed by atoms with E-state index >= 15 is 0 Å². The van der Waals surface area contributed by atoms with Gasteiger partial charge in [-0.25, -0.2) is 4.79 Å². The molecule has 3 aromatic rings. The van der Waals surface area contributed by atoms with Crippen molar-refractivity contribution in [1.82, 2.24) is 0 Å². The number of anilines is 1. The van der Waals surface area contributed by atoms with Gasteiger partial charge < -0.3 is 9.64 Å². The molecule has 2 aliphatic heterocycles. The van der Waals surface area contributed by atoms with Crippen molar-refractivity contribution in [2.75, 3.05) is 12.0 Å². The fourth-order valence-corrected chi connectivity index (χ4v) is 5.33. The summed E-state index contributed by atoms with van der Waals surface area (Å²) >= 11 is 0. The summed E-state index contributed by atoms with van der Waals surface area (Å²) in [7, 11) is 1.31. The molecule has 35 heavy (non-hydrogen) atoms. The molecular formula is C29H21N3O3. The van der Waals surface area contributed by atoms with Crippen LogP contribution in [0.2, 0.25) is 0 Å². The van der Waals surface area contributed by atoms with E-state index in [1.54, 1.807) is 48.5 Å². The second-order valence-electron chi connectivity index (χ2n) is 8.63. The number of rotatable bonds is 4. The smallest absolute Gasteiger partial charge is 0.337 e. The Morgan fingerprint density at radius 1 is 0.886 bits per heavy atom. The Hall–Kier alpha value is -4.68. The zero-order valence-electron chi connectivity index (χ0n) is 19.0. The molecule has 1 fully saturated rings. The first-order valence-electron chi connectivity index (χ1n) is 11.2. The molecule has 3 unspecified atom stereocenters. The third-order valence-electron chi connectivity index (χ3n) is 6.93. The Bertz CT molecular complexity index is 1400. The average Bonchev–Trinajstić information content (AvgIpc) is 3.23. The van der Waals surface area contributed by atoms with Gasteiger partial charge in [0.25, 0.3) is 0 Å². The number of nitrogens with zero attached hydrogens (tertiary/aromatic N) is 3. The number of carbonyl (C=O) groups is 2. The quantitative estimate of drug-likeness (QED) is 0.413. The molecule has 0 N–H and O–H groups in total. The summed E-state index contributed by atoms with van der Waals surface area (Å²) in [5.74, 6) is -1.42. The van der Waals surface area contributed by atoms with E-state index in [4.69, 9.17) is 4.74 Å². The largest absolute Gasteiger partial charge is 0.465 e. The number of para-hydroxylation sites is 1. The van der Waals surface area contributed by atoms with Crippen LogP contribution in [0.25, 0.3) is 6.08 Å². The van der Waals surface area contributed by atoms with Gasteiger partial charge in [0.15, 0.2) is 11.2 Å². The van der Waals surface area contributed by atoms with E-state index in [1.165, 1.54) is 7.11 Å². The molecule has 2 heterocycles. The number of hydrogen-bond acceptors (Lipinski definition) is 6. The Morgan fingerprint density at radius 3 is 2.20 bits per heavy atom. The highest BCUT2D eigenvalue weighted by Crippen LogP contribution is 2.55. The van der Waals surface area contributed by atoms with Gasteiger partial charge in [0.05, 0.1) is 30.9 Å². The van der Waals surface area contributed by atoms with Gasteiger partial charge in [-0.05, 0) is 29.3 Å². The van der Waals surface area contributed by atoms with E-state index in [1.807, 2.05) is 47.4 Å². The molecule has 0 bridgehead atoms. The van der Waals surface area contributed by atoms with Gasteiger partial charge in [-0.15, -0.1) is 0 Å². The van der Waals surface area contributed by atoms with Crippen LogP contribution in [0, 0.1) is 28.1 Å². The minimum atomic E-state index is -1.54. The van der Waals surface area contributed by atoms with Crippen molar-refractivity contribution >= 4 is 23.5 Å². The lowest BCUT2D eigenvalue weighted by molar-refractivity contribution is 0.0600. The molecule has 170 valence electrons. The second-order valence-corrected chi connectivity index (χ2v) is 8.63. The van der Waals surface area contributed by atoms with Crippen molar-refractivity contribution < 1.29 is 14.3 Å². The maximum atomic E-state index is 14.1. The van der Waals surface area contributed by atoms with E-state index in [-0.39, 0.29) is 5.78 Å². The minimum Gasteiger partial charge on any atom is -0.465 e. The van der Waals surface area contributed by atoms with E-state index in [0.717, 1.165) is 11.3 Å². The van der Waals surface area contributed by atoms with Crippen LogP contribution >= 0.6 is 0 Å². The summed E-state index contributed by atoms with van der Waals surface area (Å²) in [6, 6.07) is 26.4. The molecule has 1 saturated heterocycles. The molecule has 3 atom stereocenters. The molecule has 2 aliphatic rings. The Kier molecular flexibility index (Phi) is 5.43. The number of ether oxygens (including phenoxy) is 1. The normalized spacial score (nSPS) is 21.2. The van der Waals surface area contributed by atoms with Crippen molar-refractivity contribution in [3.63, 3.8) is 0 Å². The number of benzene rings is 3. The fourth-order valence-electron chi connectivity index (χ4n) is 5.33. The number of hydrogen-bond donors (Lipinski definition) is 0. The topological polar surface area (TPSA) is 94.2 Å². The van der Waals surface area contributed by atoms with Crippen molar-refractivity contribution in [1.29, 1.82) is 10.5 Å². The maximum Gasteiger partial charge on any atom is 0.337 e. The Labute approximate surface area is 203 Å². The highest BCUT2D eigenvalue weighted by atomic mass is 16.5. The number of Topliss-reactive ketones (excluding diaryl/α,β-unsaturated/α-hetero) is 1. The number of methoxy groups -OCH3 is 1. The van der Waals surface area contributed by atoms with Crippen molar-refractivity contribution in [2.45, 2.75) is 18.0 Å². The number of carbonyl (C=O) groups excluding carboxylic acids is 2. The van der Waals surface area contributed by atoms with Crippen LogP contribution in [0.3, 0.4) is 0 Å². The summed E-state index contributed by atoms with van der Waals surface area (Å²) in [5.41, 5.74) is 1.68. The van der Waals surface area contributed by atoms with Crippen LogP contribution in [0.15, 0.2) is 84.9 Å². The molecule has 6 heteroatoms. The molecule has 5 rings (SSSR count). The monoisotopic (exact) mass is 459 g/mol. The molecule has 0 saturated carbocycles. The summed E-state index contributed by atoms with van der Waals surface area (Å²) < 4.78 is 4.80. The molecule has 3 aromatic carbocycles. The highest BCUT2D eigenvalue weighted by molar-refractivity contribution is 6.04. The maximum absolute atomic E-state index is 14.1. The third-order valence-corrected chi connectivity index (χ3v) is 6.93. The minimum absolute atomic E-state index is 0.171. The van der Waals surface area contributed by atoms with Crippen LogP contribution in [0.4, 0.5) is 5.69 Å². The summed E-state index contributed by atoms with van der Waals surface area (Å²) in [6.07, 6.45) is 3.76. The molecule has 0 aromatic heterocycles. The van der Waals surface area contributed by atoms with Gasteiger partial charge in [0.2, 0.25) is 0 Å². The van der Waals surface area contributed by atoms with Crippen molar-refractivity contribution in [3.05, 3.63) is 107 Å². The molecule has 0 spiro atoms. The van der Waals surface area contributed by atoms with Gasteiger partial charge in [0.1, 0.15) is 6.04 Å². The summed E-state index contributed by atoms with van der Waals surface area (Å²) in [4.78, 5) is 28.0.